The Hall–Kier alpha value is -2.45. The average Bonchev–Trinajstić information content (AvgIpc) is 3.43. The number of fused-ring (bicyclic) bond motifs is 1. The van der Waals surface area contributed by atoms with Crippen LogP contribution in [0.15, 0.2) is 24.3 Å². The van der Waals surface area contributed by atoms with E-state index in [1.165, 1.54) is 0 Å². The highest BCUT2D eigenvalue weighted by atomic mass is 16.5. The monoisotopic (exact) mass is 498 g/mol. The van der Waals surface area contributed by atoms with E-state index in [1.54, 1.807) is 4.90 Å². The normalized spacial score (nSPS) is 25.7. The lowest BCUT2D eigenvalue weighted by atomic mass is 9.87. The largest absolute Gasteiger partial charge is 0.369 e. The Morgan fingerprint density at radius 3 is 2.33 bits per heavy atom. The van der Waals surface area contributed by atoms with Crippen molar-refractivity contribution in [1.29, 1.82) is 0 Å². The van der Waals surface area contributed by atoms with Crippen LogP contribution in [-0.2, 0) is 14.3 Å². The molecule has 4 atom stereocenters. The molecule has 3 heterocycles. The van der Waals surface area contributed by atoms with Crippen LogP contribution >= 0.6 is 0 Å². The quantitative estimate of drug-likeness (QED) is 0.622. The molecule has 0 aliphatic carbocycles. The first kappa shape index (κ1) is 26.6. The predicted octanol–water partition coefficient (Wildman–Crippen LogP) is 2.57. The number of piperazine rings is 1. The fourth-order valence-electron chi connectivity index (χ4n) is 5.74. The van der Waals surface area contributed by atoms with Crippen molar-refractivity contribution >= 4 is 23.3 Å². The van der Waals surface area contributed by atoms with Crippen molar-refractivity contribution in [2.75, 3.05) is 50.8 Å². The van der Waals surface area contributed by atoms with Crippen molar-refractivity contribution in [1.82, 2.24) is 15.1 Å². The zero-order valence-corrected chi connectivity index (χ0v) is 22.5. The van der Waals surface area contributed by atoms with Gasteiger partial charge in [-0.25, -0.2) is 0 Å². The van der Waals surface area contributed by atoms with Crippen LogP contribution in [0.25, 0.3) is 0 Å². The Balaban J connectivity index is 1.46. The van der Waals surface area contributed by atoms with Crippen LogP contribution < -0.4 is 10.2 Å². The lowest BCUT2D eigenvalue weighted by molar-refractivity contribution is -0.138. The summed E-state index contributed by atoms with van der Waals surface area (Å²) in [4.78, 5) is 46.0. The number of likely N-dealkylation sites (tertiary alicyclic amines) is 1. The molecular weight excluding hydrogens is 456 g/mol. The van der Waals surface area contributed by atoms with Crippen molar-refractivity contribution in [3.05, 3.63) is 29.8 Å². The van der Waals surface area contributed by atoms with E-state index in [1.807, 2.05) is 24.3 Å². The summed E-state index contributed by atoms with van der Waals surface area (Å²) >= 11 is 0. The lowest BCUT2D eigenvalue weighted by Gasteiger charge is -2.35. The van der Waals surface area contributed by atoms with Gasteiger partial charge in [0.05, 0.1) is 6.10 Å². The molecule has 3 saturated heterocycles. The Labute approximate surface area is 215 Å². The molecule has 2 amide bonds. The molecule has 0 aromatic heterocycles. The van der Waals surface area contributed by atoms with Gasteiger partial charge < -0.3 is 24.8 Å². The Morgan fingerprint density at radius 2 is 1.75 bits per heavy atom. The summed E-state index contributed by atoms with van der Waals surface area (Å²) in [5.74, 6) is -0.353. The standard InChI is InChI=1S/C28H42N4O4/c1-6-19-17-32(24-23(33)18-36-25(19)24)27(35)22(16-28(3,4)5)29-26(34)20-8-10-21(11-9-20)31-14-12-30(7-2)13-15-31/h8-11,19,22,24-25H,6-7,12-18H2,1-5H3,(H,29,34)/t19-,22?,24+,25+/m0/s1. The van der Waals surface area contributed by atoms with Gasteiger partial charge in [-0.05, 0) is 49.1 Å². The fraction of sp³-hybridized carbons (Fsp3) is 0.679. The van der Waals surface area contributed by atoms with Gasteiger partial charge >= 0.3 is 0 Å². The third kappa shape index (κ3) is 5.75. The summed E-state index contributed by atoms with van der Waals surface area (Å²) in [6.07, 6.45) is 1.09. The van der Waals surface area contributed by atoms with Crippen LogP contribution in [0.3, 0.4) is 0 Å². The van der Waals surface area contributed by atoms with Gasteiger partial charge in [0, 0.05) is 49.9 Å². The highest BCUT2D eigenvalue weighted by Crippen LogP contribution is 2.35. The van der Waals surface area contributed by atoms with E-state index < -0.39 is 12.1 Å². The predicted molar refractivity (Wildman–Crippen MR) is 140 cm³/mol. The van der Waals surface area contributed by atoms with Gasteiger partial charge in [-0.3, -0.25) is 14.4 Å². The van der Waals surface area contributed by atoms with E-state index in [9.17, 15) is 14.4 Å². The van der Waals surface area contributed by atoms with Gasteiger partial charge in [0.25, 0.3) is 5.91 Å². The molecule has 198 valence electrons. The minimum Gasteiger partial charge on any atom is -0.369 e. The number of hydrogen-bond acceptors (Lipinski definition) is 6. The molecule has 1 unspecified atom stereocenters. The number of anilines is 1. The van der Waals surface area contributed by atoms with Crippen LogP contribution in [0.5, 0.6) is 0 Å². The molecule has 1 aromatic rings. The summed E-state index contributed by atoms with van der Waals surface area (Å²) < 4.78 is 5.74. The third-order valence-electron chi connectivity index (χ3n) is 7.83. The molecule has 3 fully saturated rings. The van der Waals surface area contributed by atoms with E-state index in [-0.39, 0.29) is 41.6 Å². The minimum atomic E-state index is -0.705. The molecule has 1 N–H and O–H groups in total. The zero-order chi connectivity index (χ0) is 26.0. The van der Waals surface area contributed by atoms with Crippen LogP contribution in [0.4, 0.5) is 5.69 Å². The molecular formula is C28H42N4O4. The van der Waals surface area contributed by atoms with E-state index in [4.69, 9.17) is 4.74 Å². The van der Waals surface area contributed by atoms with Crippen molar-refractivity contribution in [3.63, 3.8) is 0 Å². The number of carbonyl (C=O) groups is 3. The highest BCUT2D eigenvalue weighted by Gasteiger charge is 2.52. The molecule has 0 saturated carbocycles. The van der Waals surface area contributed by atoms with Gasteiger partial charge in [0.15, 0.2) is 5.78 Å². The van der Waals surface area contributed by atoms with Crippen molar-refractivity contribution in [3.8, 4) is 0 Å². The van der Waals surface area contributed by atoms with Gasteiger partial charge in [0.1, 0.15) is 18.7 Å². The molecule has 8 heteroatoms. The second-order valence-electron chi connectivity index (χ2n) is 11.6. The minimum absolute atomic E-state index is 0.0412. The smallest absolute Gasteiger partial charge is 0.251 e. The number of carbonyl (C=O) groups excluding carboxylic acids is 3. The maximum absolute atomic E-state index is 13.7. The number of rotatable bonds is 7. The highest BCUT2D eigenvalue weighted by molar-refractivity contribution is 5.99. The molecule has 3 aliphatic heterocycles. The summed E-state index contributed by atoms with van der Waals surface area (Å²) in [5, 5.41) is 3.00. The van der Waals surface area contributed by atoms with Crippen molar-refractivity contribution in [2.45, 2.75) is 65.6 Å². The zero-order valence-electron chi connectivity index (χ0n) is 22.5. The average molecular weight is 499 g/mol. The maximum atomic E-state index is 13.7. The lowest BCUT2D eigenvalue weighted by Crippen LogP contribution is -2.53. The molecule has 8 nitrogen and oxygen atoms in total. The number of amides is 2. The Bertz CT molecular complexity index is 949. The van der Waals surface area contributed by atoms with Crippen molar-refractivity contribution in [2.24, 2.45) is 11.3 Å². The number of ether oxygens (including phenoxy) is 1. The second-order valence-corrected chi connectivity index (χ2v) is 11.6. The third-order valence-corrected chi connectivity index (χ3v) is 7.83. The van der Waals surface area contributed by atoms with Crippen LogP contribution in [0, 0.1) is 11.3 Å². The first-order chi connectivity index (χ1) is 17.1. The molecule has 3 aliphatic rings. The number of Topliss-reactive ketones (excluding diaryl/α,β-unsaturated/α-hetero) is 1. The first-order valence-electron chi connectivity index (χ1n) is 13.4. The number of nitrogens with zero attached hydrogens (tertiary/aromatic N) is 3. The Kier molecular flexibility index (Phi) is 8.05. The van der Waals surface area contributed by atoms with E-state index >= 15 is 0 Å². The molecule has 0 radical (unpaired) electrons. The molecule has 1 aromatic carbocycles. The van der Waals surface area contributed by atoms with Gasteiger partial charge in [-0.2, -0.15) is 0 Å². The van der Waals surface area contributed by atoms with E-state index in [0.29, 0.717) is 18.5 Å². The first-order valence-corrected chi connectivity index (χ1v) is 13.4. The van der Waals surface area contributed by atoms with Crippen LogP contribution in [0.2, 0.25) is 0 Å². The summed E-state index contributed by atoms with van der Waals surface area (Å²) in [5.41, 5.74) is 1.46. The molecule has 36 heavy (non-hydrogen) atoms. The molecule has 0 spiro atoms. The van der Waals surface area contributed by atoms with Crippen LogP contribution in [0.1, 0.15) is 57.8 Å². The van der Waals surface area contributed by atoms with Crippen molar-refractivity contribution < 1.29 is 19.1 Å². The van der Waals surface area contributed by atoms with E-state index in [0.717, 1.165) is 44.8 Å². The van der Waals surface area contributed by atoms with Gasteiger partial charge in [-0.1, -0.05) is 34.6 Å². The van der Waals surface area contributed by atoms with E-state index in [2.05, 4.69) is 49.7 Å². The second kappa shape index (κ2) is 10.9. The SMILES string of the molecule is CC[C@H]1CN(C(=O)C(CC(C)(C)C)NC(=O)c2ccc(N3CCN(CC)CC3)cc2)[C@@H]2C(=O)CO[C@H]12. The number of benzene rings is 1. The number of nitrogens with one attached hydrogen (secondary N) is 1. The van der Waals surface area contributed by atoms with Gasteiger partial charge in [0.2, 0.25) is 5.91 Å². The molecule has 0 bridgehead atoms. The summed E-state index contributed by atoms with van der Waals surface area (Å²) in [6, 6.07) is 6.41. The van der Waals surface area contributed by atoms with Gasteiger partial charge in [-0.15, -0.1) is 0 Å². The van der Waals surface area contributed by atoms with Crippen LogP contribution in [-0.4, -0.2) is 91.5 Å². The number of ketones is 1. The molecule has 4 rings (SSSR count). The summed E-state index contributed by atoms with van der Waals surface area (Å²) in [7, 11) is 0. The number of likely N-dealkylation sites (N-methyl/N-ethyl adjacent to an activating group) is 1. The fourth-order valence-corrected chi connectivity index (χ4v) is 5.74. The maximum Gasteiger partial charge on any atom is 0.251 e. The topological polar surface area (TPSA) is 82.2 Å². The summed E-state index contributed by atoms with van der Waals surface area (Å²) in [6.45, 7) is 16.1. The Morgan fingerprint density at radius 1 is 1.08 bits per heavy atom. The number of hydrogen-bond donors (Lipinski definition) is 1.